The third-order valence-electron chi connectivity index (χ3n) is 5.30. The highest BCUT2D eigenvalue weighted by Crippen LogP contribution is 2.31. The molecular weight excluding hydrogens is 326 g/mol. The Morgan fingerprint density at radius 1 is 1.04 bits per heavy atom. The van der Waals surface area contributed by atoms with Crippen molar-refractivity contribution in [2.24, 2.45) is 0 Å². The van der Waals surface area contributed by atoms with Crippen molar-refractivity contribution >= 4 is 5.78 Å². The standard InChI is InChI=1S/C22H25NO3/c24-20(18-8-9-21-22(16-18)26-14-13-25-21)10-12-23-11-4-7-19(23)15-17-5-2-1-3-6-17/h1-3,5-6,8-9,16,19H,4,7,10-15H2/t19-/m0/s1. The summed E-state index contributed by atoms with van der Waals surface area (Å²) >= 11 is 0. The van der Waals surface area contributed by atoms with Crippen LogP contribution >= 0.6 is 0 Å². The van der Waals surface area contributed by atoms with Gasteiger partial charge in [-0.3, -0.25) is 9.69 Å². The number of Topliss-reactive ketones (excluding diaryl/α,β-unsaturated/α-hetero) is 1. The summed E-state index contributed by atoms with van der Waals surface area (Å²) in [6, 6.07) is 16.7. The Hall–Kier alpha value is -2.33. The van der Waals surface area contributed by atoms with Crippen molar-refractivity contribution in [2.45, 2.75) is 31.7 Å². The molecule has 0 spiro atoms. The van der Waals surface area contributed by atoms with E-state index in [4.69, 9.17) is 9.47 Å². The third kappa shape index (κ3) is 3.91. The van der Waals surface area contributed by atoms with Crippen molar-refractivity contribution in [1.29, 1.82) is 0 Å². The Labute approximate surface area is 154 Å². The second-order valence-corrected chi connectivity index (χ2v) is 7.05. The number of rotatable bonds is 6. The maximum atomic E-state index is 12.6. The van der Waals surface area contributed by atoms with E-state index in [0.29, 0.717) is 37.0 Å². The molecule has 4 nitrogen and oxygen atoms in total. The molecule has 0 aliphatic carbocycles. The summed E-state index contributed by atoms with van der Waals surface area (Å²) < 4.78 is 11.1. The lowest BCUT2D eigenvalue weighted by Gasteiger charge is -2.24. The maximum Gasteiger partial charge on any atom is 0.164 e. The molecule has 4 rings (SSSR count). The number of carbonyl (C=O) groups is 1. The number of ether oxygens (including phenoxy) is 2. The lowest BCUT2D eigenvalue weighted by Crippen LogP contribution is -2.33. The number of likely N-dealkylation sites (tertiary alicyclic amines) is 1. The lowest BCUT2D eigenvalue weighted by molar-refractivity contribution is 0.0960. The van der Waals surface area contributed by atoms with Gasteiger partial charge < -0.3 is 9.47 Å². The van der Waals surface area contributed by atoms with Crippen LogP contribution in [0.2, 0.25) is 0 Å². The number of fused-ring (bicyclic) bond motifs is 1. The predicted molar refractivity (Wildman–Crippen MR) is 101 cm³/mol. The fourth-order valence-corrected chi connectivity index (χ4v) is 3.91. The molecule has 26 heavy (non-hydrogen) atoms. The van der Waals surface area contributed by atoms with Gasteiger partial charge in [0, 0.05) is 24.6 Å². The van der Waals surface area contributed by atoms with Gasteiger partial charge in [0.1, 0.15) is 13.2 Å². The second kappa shape index (κ2) is 7.92. The van der Waals surface area contributed by atoms with Crippen molar-refractivity contribution in [2.75, 3.05) is 26.3 Å². The van der Waals surface area contributed by atoms with Gasteiger partial charge in [0.25, 0.3) is 0 Å². The van der Waals surface area contributed by atoms with E-state index in [1.54, 1.807) is 0 Å². The molecule has 0 unspecified atom stereocenters. The van der Waals surface area contributed by atoms with Gasteiger partial charge in [0.2, 0.25) is 0 Å². The highest BCUT2D eigenvalue weighted by molar-refractivity contribution is 5.96. The first kappa shape index (κ1) is 17.1. The first-order valence-electron chi connectivity index (χ1n) is 9.50. The molecule has 2 heterocycles. The van der Waals surface area contributed by atoms with E-state index in [9.17, 15) is 4.79 Å². The minimum atomic E-state index is 0.173. The van der Waals surface area contributed by atoms with E-state index in [2.05, 4.69) is 35.2 Å². The SMILES string of the molecule is O=C(CCN1CCC[C@H]1Cc1ccccc1)c1ccc2c(c1)OCCO2. The van der Waals surface area contributed by atoms with Gasteiger partial charge in [-0.1, -0.05) is 30.3 Å². The summed E-state index contributed by atoms with van der Waals surface area (Å²) in [7, 11) is 0. The molecule has 0 amide bonds. The highest BCUT2D eigenvalue weighted by Gasteiger charge is 2.25. The Kier molecular flexibility index (Phi) is 5.21. The van der Waals surface area contributed by atoms with E-state index in [1.165, 1.54) is 18.4 Å². The number of hydrogen-bond acceptors (Lipinski definition) is 4. The van der Waals surface area contributed by atoms with Crippen LogP contribution in [0.3, 0.4) is 0 Å². The van der Waals surface area contributed by atoms with E-state index >= 15 is 0 Å². The second-order valence-electron chi connectivity index (χ2n) is 7.05. The molecule has 4 heteroatoms. The van der Waals surface area contributed by atoms with Crippen molar-refractivity contribution in [3.05, 3.63) is 59.7 Å². The summed E-state index contributed by atoms with van der Waals surface area (Å²) in [4.78, 5) is 15.1. The van der Waals surface area contributed by atoms with Crippen LogP contribution in [0.1, 0.15) is 35.2 Å². The fraction of sp³-hybridized carbons (Fsp3) is 0.409. The Morgan fingerprint density at radius 2 is 1.85 bits per heavy atom. The van der Waals surface area contributed by atoms with Crippen molar-refractivity contribution in [1.82, 2.24) is 4.90 Å². The summed E-state index contributed by atoms with van der Waals surface area (Å²) in [5.41, 5.74) is 2.09. The smallest absolute Gasteiger partial charge is 0.164 e. The topological polar surface area (TPSA) is 38.8 Å². The Morgan fingerprint density at radius 3 is 2.69 bits per heavy atom. The molecule has 2 aromatic rings. The van der Waals surface area contributed by atoms with Crippen LogP contribution in [0, 0.1) is 0 Å². The zero-order valence-electron chi connectivity index (χ0n) is 15.0. The molecule has 136 valence electrons. The quantitative estimate of drug-likeness (QED) is 0.743. The summed E-state index contributed by atoms with van der Waals surface area (Å²) in [6.07, 6.45) is 4.05. The van der Waals surface area contributed by atoms with E-state index in [1.807, 2.05) is 18.2 Å². The van der Waals surface area contributed by atoms with Gasteiger partial charge >= 0.3 is 0 Å². The van der Waals surface area contributed by atoms with E-state index < -0.39 is 0 Å². The van der Waals surface area contributed by atoms with Crippen LogP contribution in [0.5, 0.6) is 11.5 Å². The zero-order chi connectivity index (χ0) is 17.8. The molecule has 0 saturated carbocycles. The van der Waals surface area contributed by atoms with Gasteiger partial charge in [-0.25, -0.2) is 0 Å². The average molecular weight is 351 g/mol. The Balaban J connectivity index is 1.35. The number of benzene rings is 2. The number of hydrogen-bond donors (Lipinski definition) is 0. The molecular formula is C22H25NO3. The van der Waals surface area contributed by atoms with Crippen LogP contribution < -0.4 is 9.47 Å². The minimum Gasteiger partial charge on any atom is -0.486 e. The first-order valence-corrected chi connectivity index (χ1v) is 9.50. The van der Waals surface area contributed by atoms with E-state index in [-0.39, 0.29) is 5.78 Å². The first-order chi connectivity index (χ1) is 12.8. The van der Waals surface area contributed by atoms with Gasteiger partial charge in [-0.05, 0) is 49.6 Å². The Bertz CT molecular complexity index is 759. The summed E-state index contributed by atoms with van der Waals surface area (Å²) in [5.74, 6) is 1.59. The number of ketones is 1. The van der Waals surface area contributed by atoms with Crippen LogP contribution in [-0.4, -0.2) is 43.0 Å². The van der Waals surface area contributed by atoms with Gasteiger partial charge in [-0.15, -0.1) is 0 Å². The maximum absolute atomic E-state index is 12.6. The molecule has 2 aliphatic rings. The van der Waals surface area contributed by atoms with Crippen LogP contribution in [-0.2, 0) is 6.42 Å². The van der Waals surface area contributed by atoms with Gasteiger partial charge in [-0.2, -0.15) is 0 Å². The number of carbonyl (C=O) groups excluding carboxylic acids is 1. The van der Waals surface area contributed by atoms with Gasteiger partial charge in [0.05, 0.1) is 0 Å². The van der Waals surface area contributed by atoms with Crippen molar-refractivity contribution in [3.8, 4) is 11.5 Å². The summed E-state index contributed by atoms with van der Waals surface area (Å²) in [5, 5.41) is 0. The summed E-state index contributed by atoms with van der Waals surface area (Å²) in [6.45, 7) is 3.02. The van der Waals surface area contributed by atoms with E-state index in [0.717, 1.165) is 25.3 Å². The highest BCUT2D eigenvalue weighted by atomic mass is 16.6. The molecule has 1 saturated heterocycles. The normalized spacial score (nSPS) is 19.5. The minimum absolute atomic E-state index is 0.173. The van der Waals surface area contributed by atoms with Crippen LogP contribution in [0.4, 0.5) is 0 Å². The fourth-order valence-electron chi connectivity index (χ4n) is 3.91. The van der Waals surface area contributed by atoms with Gasteiger partial charge in [0.15, 0.2) is 17.3 Å². The number of nitrogens with zero attached hydrogens (tertiary/aromatic N) is 1. The molecule has 1 atom stereocenters. The predicted octanol–water partition coefficient (Wildman–Crippen LogP) is 3.74. The van der Waals surface area contributed by atoms with Crippen molar-refractivity contribution < 1.29 is 14.3 Å². The van der Waals surface area contributed by atoms with Crippen molar-refractivity contribution in [3.63, 3.8) is 0 Å². The monoisotopic (exact) mass is 351 g/mol. The molecule has 0 N–H and O–H groups in total. The average Bonchev–Trinajstić information content (AvgIpc) is 3.13. The molecule has 0 aromatic heterocycles. The molecule has 2 aliphatic heterocycles. The van der Waals surface area contributed by atoms with Crippen LogP contribution in [0.15, 0.2) is 48.5 Å². The van der Waals surface area contributed by atoms with Crippen LogP contribution in [0.25, 0.3) is 0 Å². The molecule has 0 radical (unpaired) electrons. The molecule has 1 fully saturated rings. The molecule has 0 bridgehead atoms. The third-order valence-corrected chi connectivity index (χ3v) is 5.30. The lowest BCUT2D eigenvalue weighted by atomic mass is 10.0. The zero-order valence-corrected chi connectivity index (χ0v) is 15.0. The largest absolute Gasteiger partial charge is 0.486 e. The molecule has 2 aromatic carbocycles.